The highest BCUT2D eigenvalue weighted by molar-refractivity contribution is 5.79. The van der Waals surface area contributed by atoms with E-state index < -0.39 is 0 Å². The van der Waals surface area contributed by atoms with Gasteiger partial charge in [0.15, 0.2) is 0 Å². The molecule has 1 aromatic heterocycles. The van der Waals surface area contributed by atoms with Gasteiger partial charge in [-0.05, 0) is 44.2 Å². The summed E-state index contributed by atoms with van der Waals surface area (Å²) in [6, 6.07) is 5.85. The summed E-state index contributed by atoms with van der Waals surface area (Å²) in [5, 5.41) is 0. The van der Waals surface area contributed by atoms with Gasteiger partial charge >= 0.3 is 0 Å². The van der Waals surface area contributed by atoms with Gasteiger partial charge in [-0.15, -0.1) is 0 Å². The van der Waals surface area contributed by atoms with Gasteiger partial charge in [0.1, 0.15) is 0 Å². The van der Waals surface area contributed by atoms with Crippen LogP contribution in [0.5, 0.6) is 0 Å². The molecule has 1 spiro atoms. The average Bonchev–Trinajstić information content (AvgIpc) is 3.29. The fourth-order valence-corrected chi connectivity index (χ4v) is 4.31. The van der Waals surface area contributed by atoms with Crippen molar-refractivity contribution in [2.45, 2.75) is 63.3 Å². The van der Waals surface area contributed by atoms with Gasteiger partial charge in [-0.1, -0.05) is 17.7 Å². The number of ether oxygens (including phenoxy) is 2. The quantitative estimate of drug-likeness (QED) is 0.760. The van der Waals surface area contributed by atoms with Crippen molar-refractivity contribution in [3.8, 4) is 0 Å². The molecule has 140 valence electrons. The predicted octanol–water partition coefficient (Wildman–Crippen LogP) is 3.25. The van der Waals surface area contributed by atoms with Crippen molar-refractivity contribution >= 4 is 5.91 Å². The first-order valence-electron chi connectivity index (χ1n) is 9.84. The van der Waals surface area contributed by atoms with E-state index in [0.29, 0.717) is 26.2 Å². The molecule has 26 heavy (non-hydrogen) atoms. The molecule has 1 aliphatic carbocycles. The smallest absolute Gasteiger partial charge is 0.226 e. The van der Waals surface area contributed by atoms with Crippen LogP contribution in [0.15, 0.2) is 36.0 Å². The maximum absolute atomic E-state index is 12.6. The normalized spacial score (nSPS) is 28.5. The number of hydrogen-bond acceptors (Lipinski definition) is 4. The summed E-state index contributed by atoms with van der Waals surface area (Å²) in [4.78, 5) is 18.9. The van der Waals surface area contributed by atoms with E-state index >= 15 is 0 Å². The Bertz CT molecular complexity index is 660. The van der Waals surface area contributed by atoms with E-state index in [1.54, 1.807) is 6.20 Å². The molecule has 4 rings (SSSR count). The van der Waals surface area contributed by atoms with Gasteiger partial charge in [0.25, 0.3) is 0 Å². The number of amides is 1. The van der Waals surface area contributed by atoms with Crippen LogP contribution in [-0.4, -0.2) is 47.2 Å². The molecule has 5 heteroatoms. The van der Waals surface area contributed by atoms with Crippen molar-refractivity contribution in [3.05, 3.63) is 41.7 Å². The summed E-state index contributed by atoms with van der Waals surface area (Å²) >= 11 is 0. The van der Waals surface area contributed by atoms with E-state index in [1.807, 2.05) is 23.1 Å². The maximum Gasteiger partial charge on any atom is 0.226 e. The lowest BCUT2D eigenvalue weighted by Gasteiger charge is -2.24. The van der Waals surface area contributed by atoms with Gasteiger partial charge in [0.05, 0.1) is 30.6 Å². The number of hydrogen-bond donors (Lipinski definition) is 0. The van der Waals surface area contributed by atoms with Crippen LogP contribution in [0.1, 0.15) is 50.6 Å². The van der Waals surface area contributed by atoms with Crippen molar-refractivity contribution in [1.29, 1.82) is 0 Å². The molecule has 0 radical (unpaired) electrons. The summed E-state index contributed by atoms with van der Waals surface area (Å²) in [6.07, 6.45) is 11.2. The highest BCUT2D eigenvalue weighted by Gasteiger charge is 2.47. The minimum absolute atomic E-state index is 0.0908. The number of aromatic nitrogens is 1. The van der Waals surface area contributed by atoms with Crippen LogP contribution in [0.25, 0.3) is 0 Å². The minimum atomic E-state index is -0.203. The van der Waals surface area contributed by atoms with Crippen LogP contribution in [0, 0.1) is 0 Å². The standard InChI is InChI=1S/C21H28N2O3/c24-20(12-17-6-2-1-3-7-17)23-11-9-21(16-23)13-19(15-26-21)25-14-18-8-4-5-10-22-18/h4-6,8,10,19H,1-3,7,9,11-16H2/t19-,21+/m1/s1. The average molecular weight is 356 g/mol. The number of nitrogens with zero attached hydrogens (tertiary/aromatic N) is 2. The number of pyridine rings is 1. The van der Waals surface area contributed by atoms with Gasteiger partial charge in [0, 0.05) is 32.1 Å². The molecule has 0 bridgehead atoms. The lowest BCUT2D eigenvalue weighted by Crippen LogP contribution is -2.36. The van der Waals surface area contributed by atoms with Crippen molar-refractivity contribution in [1.82, 2.24) is 9.88 Å². The van der Waals surface area contributed by atoms with Gasteiger partial charge in [-0.2, -0.15) is 0 Å². The second kappa shape index (κ2) is 7.89. The van der Waals surface area contributed by atoms with Crippen LogP contribution in [-0.2, 0) is 20.9 Å². The number of carbonyl (C=O) groups is 1. The van der Waals surface area contributed by atoms with Gasteiger partial charge < -0.3 is 14.4 Å². The Balaban J connectivity index is 1.26. The summed E-state index contributed by atoms with van der Waals surface area (Å²) in [5.41, 5.74) is 2.06. The zero-order chi connectivity index (χ0) is 17.8. The van der Waals surface area contributed by atoms with Crippen molar-refractivity contribution in [3.63, 3.8) is 0 Å². The number of rotatable bonds is 5. The summed E-state index contributed by atoms with van der Waals surface area (Å²) in [7, 11) is 0. The van der Waals surface area contributed by atoms with Crippen LogP contribution in [0.4, 0.5) is 0 Å². The minimum Gasteiger partial charge on any atom is -0.370 e. The molecule has 5 nitrogen and oxygen atoms in total. The number of likely N-dealkylation sites (tertiary alicyclic amines) is 1. The molecule has 0 saturated carbocycles. The Labute approximate surface area is 155 Å². The second-order valence-corrected chi connectivity index (χ2v) is 7.80. The number of carbonyl (C=O) groups excluding carboxylic acids is 1. The van der Waals surface area contributed by atoms with E-state index in [9.17, 15) is 4.79 Å². The first-order valence-corrected chi connectivity index (χ1v) is 9.84. The van der Waals surface area contributed by atoms with E-state index in [-0.39, 0.29) is 17.6 Å². The molecule has 3 heterocycles. The fourth-order valence-electron chi connectivity index (χ4n) is 4.31. The summed E-state index contributed by atoms with van der Waals surface area (Å²) < 4.78 is 12.1. The molecule has 0 unspecified atom stereocenters. The Morgan fingerprint density at radius 1 is 1.38 bits per heavy atom. The van der Waals surface area contributed by atoms with Crippen molar-refractivity contribution in [2.24, 2.45) is 0 Å². The molecule has 0 N–H and O–H groups in total. The topological polar surface area (TPSA) is 51.7 Å². The third kappa shape index (κ3) is 4.15. The molecule has 2 fully saturated rings. The first-order chi connectivity index (χ1) is 12.7. The van der Waals surface area contributed by atoms with Crippen LogP contribution >= 0.6 is 0 Å². The molecule has 2 aliphatic heterocycles. The Morgan fingerprint density at radius 2 is 2.35 bits per heavy atom. The van der Waals surface area contributed by atoms with Crippen molar-refractivity contribution < 1.29 is 14.3 Å². The summed E-state index contributed by atoms with van der Waals surface area (Å²) in [6.45, 7) is 2.64. The molecular weight excluding hydrogens is 328 g/mol. The highest BCUT2D eigenvalue weighted by atomic mass is 16.6. The fraction of sp³-hybridized carbons (Fsp3) is 0.619. The zero-order valence-electron chi connectivity index (χ0n) is 15.4. The summed E-state index contributed by atoms with van der Waals surface area (Å²) in [5.74, 6) is 0.261. The molecule has 0 aromatic carbocycles. The van der Waals surface area contributed by atoms with Crippen molar-refractivity contribution in [2.75, 3.05) is 19.7 Å². The van der Waals surface area contributed by atoms with Crippen LogP contribution < -0.4 is 0 Å². The van der Waals surface area contributed by atoms with Gasteiger partial charge in [-0.25, -0.2) is 0 Å². The van der Waals surface area contributed by atoms with E-state index in [2.05, 4.69) is 11.1 Å². The predicted molar refractivity (Wildman–Crippen MR) is 98.5 cm³/mol. The molecule has 3 aliphatic rings. The lowest BCUT2D eigenvalue weighted by molar-refractivity contribution is -0.130. The van der Waals surface area contributed by atoms with Crippen LogP contribution in [0.3, 0.4) is 0 Å². The highest BCUT2D eigenvalue weighted by Crippen LogP contribution is 2.37. The molecule has 1 amide bonds. The lowest BCUT2D eigenvalue weighted by atomic mass is 9.96. The van der Waals surface area contributed by atoms with Gasteiger partial charge in [-0.3, -0.25) is 9.78 Å². The molecule has 2 saturated heterocycles. The van der Waals surface area contributed by atoms with Crippen LogP contribution in [0.2, 0.25) is 0 Å². The van der Waals surface area contributed by atoms with Gasteiger partial charge in [0.2, 0.25) is 5.91 Å². The van der Waals surface area contributed by atoms with E-state index in [0.717, 1.165) is 37.9 Å². The third-order valence-corrected chi connectivity index (χ3v) is 5.80. The largest absolute Gasteiger partial charge is 0.370 e. The monoisotopic (exact) mass is 356 g/mol. The molecule has 2 atom stereocenters. The maximum atomic E-state index is 12.6. The molecular formula is C21H28N2O3. The zero-order valence-corrected chi connectivity index (χ0v) is 15.4. The first kappa shape index (κ1) is 17.7. The number of allylic oxidation sites excluding steroid dienone is 1. The Morgan fingerprint density at radius 3 is 3.15 bits per heavy atom. The van der Waals surface area contributed by atoms with E-state index in [1.165, 1.54) is 18.4 Å². The van der Waals surface area contributed by atoms with E-state index in [4.69, 9.17) is 9.47 Å². The SMILES string of the molecule is O=C(CC1=CCCCC1)N1CC[C@]2(C[C@@H](OCc3ccccn3)CO2)C1. The second-order valence-electron chi connectivity index (χ2n) is 7.80. The Kier molecular flexibility index (Phi) is 5.36. The molecule has 1 aromatic rings. The third-order valence-electron chi connectivity index (χ3n) is 5.80. The Hall–Kier alpha value is -1.72.